The number of benzene rings is 2. The fraction of sp³-hybridized carbons (Fsp3) is 0.158. The molecule has 2 heterocycles. The summed E-state index contributed by atoms with van der Waals surface area (Å²) in [6.07, 6.45) is 0. The fourth-order valence-corrected chi connectivity index (χ4v) is 3.41. The summed E-state index contributed by atoms with van der Waals surface area (Å²) >= 11 is 1.58. The number of carbonyl (C=O) groups is 1. The average Bonchev–Trinajstić information content (AvgIpc) is 3.28. The number of nitrogens with zero attached hydrogens (tertiary/aromatic N) is 1. The van der Waals surface area contributed by atoms with Gasteiger partial charge in [-0.25, -0.2) is 4.98 Å². The summed E-state index contributed by atoms with van der Waals surface area (Å²) in [5.74, 6) is 1.34. The largest absolute Gasteiger partial charge is 0.454 e. The molecule has 126 valence electrons. The molecule has 0 aliphatic carbocycles. The van der Waals surface area contributed by atoms with Gasteiger partial charge in [-0.15, -0.1) is 11.3 Å². The molecule has 1 aromatic heterocycles. The van der Waals surface area contributed by atoms with Crippen molar-refractivity contribution in [3.63, 3.8) is 0 Å². The molecule has 2 aromatic carbocycles. The first-order valence-electron chi connectivity index (χ1n) is 7.88. The molecule has 0 radical (unpaired) electrons. The van der Waals surface area contributed by atoms with E-state index in [2.05, 4.69) is 10.3 Å². The highest BCUT2D eigenvalue weighted by Gasteiger charge is 2.14. The van der Waals surface area contributed by atoms with E-state index in [1.807, 2.05) is 48.7 Å². The molecule has 1 aliphatic heterocycles. The van der Waals surface area contributed by atoms with Gasteiger partial charge in [0.05, 0.1) is 0 Å². The highest BCUT2D eigenvalue weighted by atomic mass is 32.1. The van der Waals surface area contributed by atoms with Gasteiger partial charge in [-0.1, -0.05) is 18.2 Å². The number of aromatic nitrogens is 1. The van der Waals surface area contributed by atoms with Crippen molar-refractivity contribution in [1.82, 2.24) is 10.3 Å². The lowest BCUT2D eigenvalue weighted by atomic mass is 10.1. The van der Waals surface area contributed by atoms with Crippen molar-refractivity contribution in [1.29, 1.82) is 0 Å². The summed E-state index contributed by atoms with van der Waals surface area (Å²) in [5.41, 5.74) is 3.52. The molecule has 0 atom stereocenters. The Morgan fingerprint density at radius 2 is 2.08 bits per heavy atom. The molecule has 5 nitrogen and oxygen atoms in total. The smallest absolute Gasteiger partial charge is 0.251 e. The van der Waals surface area contributed by atoms with Gasteiger partial charge in [0.2, 0.25) is 6.79 Å². The van der Waals surface area contributed by atoms with E-state index in [-0.39, 0.29) is 12.7 Å². The van der Waals surface area contributed by atoms with Crippen LogP contribution in [0.3, 0.4) is 0 Å². The van der Waals surface area contributed by atoms with Crippen LogP contribution < -0.4 is 14.8 Å². The highest BCUT2D eigenvalue weighted by molar-refractivity contribution is 7.13. The summed E-state index contributed by atoms with van der Waals surface area (Å²) in [5, 5.41) is 5.86. The minimum absolute atomic E-state index is 0.118. The molecule has 0 saturated carbocycles. The molecule has 0 spiro atoms. The molecule has 4 rings (SSSR count). The Bertz CT molecular complexity index is 936. The topological polar surface area (TPSA) is 60.5 Å². The lowest BCUT2D eigenvalue weighted by Gasteiger charge is -2.07. The van der Waals surface area contributed by atoms with Crippen molar-refractivity contribution in [2.24, 2.45) is 0 Å². The van der Waals surface area contributed by atoms with E-state index in [4.69, 9.17) is 9.47 Å². The Balaban J connectivity index is 1.46. The van der Waals surface area contributed by atoms with Gasteiger partial charge in [0, 0.05) is 28.7 Å². The number of hydrogen-bond donors (Lipinski definition) is 1. The third kappa shape index (κ3) is 3.34. The average molecular weight is 352 g/mol. The summed E-state index contributed by atoms with van der Waals surface area (Å²) < 4.78 is 10.6. The number of fused-ring (bicyclic) bond motifs is 1. The Morgan fingerprint density at radius 3 is 2.92 bits per heavy atom. The van der Waals surface area contributed by atoms with Gasteiger partial charge in [-0.3, -0.25) is 4.79 Å². The van der Waals surface area contributed by atoms with Crippen LogP contribution in [0, 0.1) is 6.92 Å². The maximum absolute atomic E-state index is 12.5. The highest BCUT2D eigenvalue weighted by Crippen LogP contribution is 2.32. The number of hydrogen-bond acceptors (Lipinski definition) is 5. The van der Waals surface area contributed by atoms with E-state index in [0.29, 0.717) is 17.9 Å². The van der Waals surface area contributed by atoms with E-state index in [1.165, 1.54) is 0 Å². The second-order valence-corrected chi connectivity index (χ2v) is 6.60. The molecule has 1 N–H and O–H groups in total. The maximum Gasteiger partial charge on any atom is 0.251 e. The first kappa shape index (κ1) is 15.7. The first-order valence-corrected chi connectivity index (χ1v) is 8.76. The Morgan fingerprint density at radius 1 is 1.20 bits per heavy atom. The molecule has 6 heteroatoms. The van der Waals surface area contributed by atoms with Crippen LogP contribution >= 0.6 is 11.3 Å². The van der Waals surface area contributed by atoms with Crippen LogP contribution in [-0.2, 0) is 6.54 Å². The molecule has 3 aromatic rings. The molecule has 1 amide bonds. The van der Waals surface area contributed by atoms with E-state index in [0.717, 1.165) is 27.6 Å². The molecule has 0 saturated heterocycles. The van der Waals surface area contributed by atoms with Crippen LogP contribution in [-0.4, -0.2) is 17.7 Å². The van der Waals surface area contributed by atoms with E-state index >= 15 is 0 Å². The van der Waals surface area contributed by atoms with E-state index < -0.39 is 0 Å². The third-order valence-electron chi connectivity index (χ3n) is 3.88. The predicted molar refractivity (Wildman–Crippen MR) is 96.0 cm³/mol. The quantitative estimate of drug-likeness (QED) is 0.776. The van der Waals surface area contributed by atoms with E-state index in [9.17, 15) is 4.79 Å². The summed E-state index contributed by atoms with van der Waals surface area (Å²) in [6.45, 7) is 2.63. The van der Waals surface area contributed by atoms with Crippen LogP contribution in [0.5, 0.6) is 11.5 Å². The van der Waals surface area contributed by atoms with Crippen LogP contribution in [0.2, 0.25) is 0 Å². The van der Waals surface area contributed by atoms with Crippen molar-refractivity contribution in [2.45, 2.75) is 13.5 Å². The van der Waals surface area contributed by atoms with Gasteiger partial charge in [-0.05, 0) is 36.8 Å². The van der Waals surface area contributed by atoms with Gasteiger partial charge in [0.1, 0.15) is 5.01 Å². The van der Waals surface area contributed by atoms with Gasteiger partial charge < -0.3 is 14.8 Å². The van der Waals surface area contributed by atoms with Crippen LogP contribution in [0.25, 0.3) is 10.6 Å². The van der Waals surface area contributed by atoms with Crippen LogP contribution in [0.1, 0.15) is 21.6 Å². The molecule has 1 aliphatic rings. The molecule has 0 bridgehead atoms. The van der Waals surface area contributed by atoms with Crippen molar-refractivity contribution in [3.8, 4) is 22.1 Å². The molecular weight excluding hydrogens is 336 g/mol. The first-order chi connectivity index (χ1) is 12.2. The second-order valence-electron chi connectivity index (χ2n) is 5.75. The number of aryl methyl sites for hydroxylation is 1. The zero-order valence-corrected chi connectivity index (χ0v) is 14.4. The summed E-state index contributed by atoms with van der Waals surface area (Å²) in [6, 6.07) is 13.2. The number of carbonyl (C=O) groups excluding carboxylic acids is 1. The Hall–Kier alpha value is -2.86. The zero-order valence-electron chi connectivity index (χ0n) is 13.6. The number of thiazole rings is 1. The number of nitrogens with one attached hydrogen (secondary N) is 1. The Labute approximate surface area is 149 Å². The van der Waals surface area contributed by atoms with Gasteiger partial charge in [0.25, 0.3) is 5.91 Å². The molecule has 0 unspecified atom stereocenters. The maximum atomic E-state index is 12.5. The number of ether oxygens (including phenoxy) is 2. The minimum atomic E-state index is -0.118. The summed E-state index contributed by atoms with van der Waals surface area (Å²) in [7, 11) is 0. The van der Waals surface area contributed by atoms with Crippen molar-refractivity contribution in [2.75, 3.05) is 6.79 Å². The zero-order chi connectivity index (χ0) is 17.2. The monoisotopic (exact) mass is 352 g/mol. The van der Waals surface area contributed by atoms with Crippen LogP contribution in [0.15, 0.2) is 47.8 Å². The van der Waals surface area contributed by atoms with Crippen LogP contribution in [0.4, 0.5) is 0 Å². The fourth-order valence-electron chi connectivity index (χ4n) is 2.62. The number of amides is 1. The SMILES string of the molecule is Cc1csc(-c2cccc(C(=O)NCc3ccc4c(c3)OCO4)c2)n1. The molecule has 25 heavy (non-hydrogen) atoms. The van der Waals surface area contributed by atoms with E-state index in [1.54, 1.807) is 17.4 Å². The normalized spacial score (nSPS) is 12.2. The number of rotatable bonds is 4. The van der Waals surface area contributed by atoms with Crippen molar-refractivity contribution in [3.05, 3.63) is 64.7 Å². The minimum Gasteiger partial charge on any atom is -0.454 e. The Kier molecular flexibility index (Phi) is 4.11. The van der Waals surface area contributed by atoms with Gasteiger partial charge >= 0.3 is 0 Å². The standard InChI is InChI=1S/C19H16N2O3S/c1-12-10-25-19(21-12)15-4-2-3-14(8-15)18(22)20-9-13-5-6-16-17(7-13)24-11-23-16/h2-8,10H,9,11H2,1H3,(H,20,22). The molecular formula is C19H16N2O3S. The third-order valence-corrected chi connectivity index (χ3v) is 4.89. The second kappa shape index (κ2) is 6.57. The van der Waals surface area contributed by atoms with Crippen molar-refractivity contribution < 1.29 is 14.3 Å². The lowest BCUT2D eigenvalue weighted by molar-refractivity contribution is 0.0951. The van der Waals surface area contributed by atoms with Gasteiger partial charge in [0.15, 0.2) is 11.5 Å². The summed E-state index contributed by atoms with van der Waals surface area (Å²) in [4.78, 5) is 16.9. The lowest BCUT2D eigenvalue weighted by Crippen LogP contribution is -2.22. The van der Waals surface area contributed by atoms with Crippen molar-refractivity contribution >= 4 is 17.2 Å². The van der Waals surface area contributed by atoms with Gasteiger partial charge in [-0.2, -0.15) is 0 Å². The molecule has 0 fully saturated rings. The predicted octanol–water partition coefficient (Wildman–Crippen LogP) is 3.78.